The van der Waals surface area contributed by atoms with Crippen LogP contribution in [0.3, 0.4) is 0 Å². The molecule has 0 unspecified atom stereocenters. The number of aliphatic hydroxyl groups excluding tert-OH is 1. The van der Waals surface area contributed by atoms with Crippen molar-refractivity contribution in [1.29, 1.82) is 0 Å². The van der Waals surface area contributed by atoms with E-state index in [1.165, 1.54) is 18.2 Å². The van der Waals surface area contributed by atoms with E-state index in [0.717, 1.165) is 5.56 Å². The van der Waals surface area contributed by atoms with Gasteiger partial charge in [-0.3, -0.25) is 0 Å². The Morgan fingerprint density at radius 3 is 2.56 bits per heavy atom. The third kappa shape index (κ3) is 6.49. The molecule has 0 radical (unpaired) electrons. The van der Waals surface area contributed by atoms with Crippen molar-refractivity contribution in [2.45, 2.75) is 49.3 Å². The number of hydrogen-bond acceptors (Lipinski definition) is 5. The zero-order valence-corrected chi connectivity index (χ0v) is 18.6. The van der Waals surface area contributed by atoms with Crippen LogP contribution in [0.2, 0.25) is 0 Å². The Kier molecular flexibility index (Phi) is 8.19. The Morgan fingerprint density at radius 1 is 1.16 bits per heavy atom. The van der Waals surface area contributed by atoms with E-state index < -0.39 is 34.0 Å². The van der Waals surface area contributed by atoms with Gasteiger partial charge in [-0.15, -0.1) is 0 Å². The lowest BCUT2D eigenvalue weighted by molar-refractivity contribution is -0.0884. The fourth-order valence-corrected chi connectivity index (χ4v) is 4.60. The quantitative estimate of drug-likeness (QED) is 0.478. The number of halogens is 1. The van der Waals surface area contributed by atoms with Crippen LogP contribution in [0, 0.1) is 12.7 Å². The number of urea groups is 1. The van der Waals surface area contributed by atoms with E-state index in [4.69, 9.17) is 4.74 Å². The minimum Gasteiger partial charge on any atom is -0.394 e. The lowest BCUT2D eigenvalue weighted by Gasteiger charge is -2.36. The maximum atomic E-state index is 13.7. The van der Waals surface area contributed by atoms with Crippen molar-refractivity contribution in [3.63, 3.8) is 0 Å². The molecule has 32 heavy (non-hydrogen) atoms. The number of amides is 2. The molecular weight excluding hydrogens is 437 g/mol. The number of hydrogen-bond donors (Lipinski definition) is 4. The van der Waals surface area contributed by atoms with Gasteiger partial charge in [-0.05, 0) is 50.5 Å². The molecule has 2 aromatic rings. The van der Waals surface area contributed by atoms with Gasteiger partial charge in [-0.1, -0.05) is 29.8 Å². The fourth-order valence-electron chi connectivity index (χ4n) is 3.55. The molecule has 0 spiro atoms. The maximum Gasteiger partial charge on any atom is 0.319 e. The Morgan fingerprint density at radius 2 is 1.88 bits per heavy atom. The van der Waals surface area contributed by atoms with E-state index in [1.807, 2.05) is 6.92 Å². The Labute approximate surface area is 187 Å². The van der Waals surface area contributed by atoms with Gasteiger partial charge in [0.1, 0.15) is 11.9 Å². The number of sulfonamides is 1. The van der Waals surface area contributed by atoms with Crippen molar-refractivity contribution in [3.8, 4) is 0 Å². The second kappa shape index (κ2) is 10.9. The molecule has 1 saturated heterocycles. The first-order chi connectivity index (χ1) is 15.3. The van der Waals surface area contributed by atoms with E-state index >= 15 is 0 Å². The monoisotopic (exact) mass is 465 g/mol. The van der Waals surface area contributed by atoms with E-state index in [9.17, 15) is 22.7 Å². The number of aryl methyl sites for hydroxylation is 1. The molecule has 1 aliphatic heterocycles. The fraction of sp³-hybridized carbons (Fsp3) is 0.409. The van der Waals surface area contributed by atoms with Crippen LogP contribution in [0.5, 0.6) is 0 Å². The molecule has 3 rings (SSSR count). The van der Waals surface area contributed by atoms with Gasteiger partial charge < -0.3 is 20.5 Å². The molecule has 4 N–H and O–H groups in total. The molecular formula is C22H28FN3O5S. The lowest BCUT2D eigenvalue weighted by atomic mass is 9.97. The van der Waals surface area contributed by atoms with E-state index in [1.54, 1.807) is 30.3 Å². The average Bonchev–Trinajstić information content (AvgIpc) is 2.76. The van der Waals surface area contributed by atoms with Crippen molar-refractivity contribution >= 4 is 21.7 Å². The minimum absolute atomic E-state index is 0.0565. The van der Waals surface area contributed by atoms with Crippen molar-refractivity contribution in [1.82, 2.24) is 10.0 Å². The molecule has 3 atom stereocenters. The molecule has 2 amide bonds. The van der Waals surface area contributed by atoms with Crippen LogP contribution >= 0.6 is 0 Å². The summed E-state index contributed by atoms with van der Waals surface area (Å²) in [7, 11) is -3.61. The number of benzene rings is 2. The molecule has 0 aromatic heterocycles. The number of carbonyl (C=O) groups excluding carboxylic acids is 1. The molecule has 2 aromatic carbocycles. The summed E-state index contributed by atoms with van der Waals surface area (Å²) in [5, 5.41) is 14.8. The van der Waals surface area contributed by atoms with Crippen LogP contribution < -0.4 is 15.4 Å². The third-order valence-electron chi connectivity index (χ3n) is 5.32. The topological polar surface area (TPSA) is 117 Å². The van der Waals surface area contributed by atoms with Crippen molar-refractivity contribution < 1.29 is 27.4 Å². The summed E-state index contributed by atoms with van der Waals surface area (Å²) in [6.45, 7) is 1.76. The largest absolute Gasteiger partial charge is 0.394 e. The van der Waals surface area contributed by atoms with Crippen LogP contribution in [0.4, 0.5) is 14.9 Å². The van der Waals surface area contributed by atoms with E-state index in [2.05, 4.69) is 15.4 Å². The van der Waals surface area contributed by atoms with E-state index in [0.29, 0.717) is 19.3 Å². The highest BCUT2D eigenvalue weighted by atomic mass is 32.2. The van der Waals surface area contributed by atoms with Gasteiger partial charge in [0.2, 0.25) is 10.0 Å². The van der Waals surface area contributed by atoms with Crippen LogP contribution in [-0.2, 0) is 14.8 Å². The van der Waals surface area contributed by atoms with Crippen LogP contribution in [0.25, 0.3) is 0 Å². The van der Waals surface area contributed by atoms with Crippen LogP contribution in [0.1, 0.15) is 24.8 Å². The predicted molar refractivity (Wildman–Crippen MR) is 118 cm³/mol. The molecule has 174 valence electrons. The highest BCUT2D eigenvalue weighted by molar-refractivity contribution is 7.89. The zero-order valence-electron chi connectivity index (χ0n) is 17.8. The van der Waals surface area contributed by atoms with Crippen molar-refractivity contribution in [3.05, 3.63) is 59.9 Å². The van der Waals surface area contributed by atoms with Gasteiger partial charge in [0.25, 0.3) is 0 Å². The number of rotatable bonds is 8. The summed E-state index contributed by atoms with van der Waals surface area (Å²) in [5.41, 5.74) is 1.03. The minimum atomic E-state index is -3.61. The summed E-state index contributed by atoms with van der Waals surface area (Å²) in [5.74, 6) is -0.547. The van der Waals surface area contributed by atoms with Gasteiger partial charge in [-0.25, -0.2) is 22.3 Å². The number of anilines is 1. The zero-order chi connectivity index (χ0) is 23.1. The maximum absolute atomic E-state index is 13.7. The second-order valence-corrected chi connectivity index (χ2v) is 9.51. The first-order valence-electron chi connectivity index (χ1n) is 10.4. The Balaban J connectivity index is 1.47. The van der Waals surface area contributed by atoms with Crippen molar-refractivity contribution in [2.75, 3.05) is 18.5 Å². The number of nitrogens with one attached hydrogen (secondary N) is 3. The Hall–Kier alpha value is -2.53. The number of aliphatic hydroxyl groups is 1. The summed E-state index contributed by atoms with van der Waals surface area (Å²) < 4.78 is 46.9. The molecule has 0 bridgehead atoms. The first kappa shape index (κ1) is 24.1. The van der Waals surface area contributed by atoms with Gasteiger partial charge in [-0.2, -0.15) is 0 Å². The Bertz CT molecular complexity index is 1020. The number of para-hydroxylation sites is 1. The molecule has 0 aliphatic carbocycles. The summed E-state index contributed by atoms with van der Waals surface area (Å²) in [6.07, 6.45) is 0.628. The van der Waals surface area contributed by atoms with Crippen LogP contribution in [0.15, 0.2) is 53.4 Å². The normalized spacial score (nSPS) is 21.2. The van der Waals surface area contributed by atoms with Gasteiger partial charge >= 0.3 is 6.03 Å². The molecule has 1 heterocycles. The summed E-state index contributed by atoms with van der Waals surface area (Å²) in [4.78, 5) is 12.4. The number of ether oxygens (including phenoxy) is 1. The van der Waals surface area contributed by atoms with Gasteiger partial charge in [0.05, 0.1) is 29.3 Å². The van der Waals surface area contributed by atoms with Crippen molar-refractivity contribution in [2.24, 2.45) is 0 Å². The lowest BCUT2D eigenvalue weighted by Crippen LogP contribution is -2.52. The second-order valence-electron chi connectivity index (χ2n) is 7.74. The standard InChI is InChI=1S/C22H28FN3O5S/c1-15-6-9-17(10-7-15)32(29,30)24-13-12-16-8-11-20(21(14-27)31-16)26-22(28)25-19-5-3-2-4-18(19)23/h2-7,9-10,16,20-21,24,27H,8,11-14H2,1H3,(H2,25,26,28)/t16-,20-,21-/m0/s1. The smallest absolute Gasteiger partial charge is 0.319 e. The molecule has 0 saturated carbocycles. The average molecular weight is 466 g/mol. The molecule has 8 nitrogen and oxygen atoms in total. The highest BCUT2D eigenvalue weighted by Gasteiger charge is 2.32. The predicted octanol–water partition coefficient (Wildman–Crippen LogP) is 2.53. The van der Waals surface area contributed by atoms with Gasteiger partial charge in [0.15, 0.2) is 0 Å². The third-order valence-corrected chi connectivity index (χ3v) is 6.80. The SMILES string of the molecule is Cc1ccc(S(=O)(=O)NCC[C@@H]2CC[C@H](NC(=O)Nc3ccccc3F)[C@H](CO)O2)cc1. The highest BCUT2D eigenvalue weighted by Crippen LogP contribution is 2.22. The number of carbonyl (C=O) groups is 1. The first-order valence-corrected chi connectivity index (χ1v) is 11.9. The molecule has 1 fully saturated rings. The summed E-state index contributed by atoms with van der Waals surface area (Å²) in [6, 6.07) is 11.4. The van der Waals surface area contributed by atoms with Gasteiger partial charge in [0, 0.05) is 6.54 Å². The summed E-state index contributed by atoms with van der Waals surface area (Å²) >= 11 is 0. The van der Waals surface area contributed by atoms with Crippen LogP contribution in [-0.4, -0.2) is 51.0 Å². The molecule has 1 aliphatic rings. The van der Waals surface area contributed by atoms with E-state index in [-0.39, 0.29) is 29.8 Å². The molecule has 10 heteroatoms.